The van der Waals surface area contributed by atoms with Crippen molar-refractivity contribution >= 4 is 23.5 Å². The zero-order chi connectivity index (χ0) is 14.7. The highest BCUT2D eigenvalue weighted by Crippen LogP contribution is 2.24. The number of ether oxygens (including phenoxy) is 1. The lowest BCUT2D eigenvalue weighted by atomic mass is 10.1. The van der Waals surface area contributed by atoms with Crippen LogP contribution in [0.1, 0.15) is 16.8 Å². The normalized spacial score (nSPS) is 18.9. The van der Waals surface area contributed by atoms with Gasteiger partial charge in [0.05, 0.1) is 24.7 Å². The van der Waals surface area contributed by atoms with Gasteiger partial charge in [0.25, 0.3) is 5.91 Å². The van der Waals surface area contributed by atoms with Gasteiger partial charge in [-0.2, -0.15) is 0 Å². The van der Waals surface area contributed by atoms with Crippen LogP contribution in [0.15, 0.2) is 18.2 Å². The van der Waals surface area contributed by atoms with Crippen molar-refractivity contribution in [2.24, 2.45) is 0 Å². The van der Waals surface area contributed by atoms with E-state index < -0.39 is 12.1 Å². The summed E-state index contributed by atoms with van der Waals surface area (Å²) in [4.78, 5) is 24.4. The van der Waals surface area contributed by atoms with Crippen LogP contribution in [-0.2, 0) is 9.53 Å². The fourth-order valence-corrected chi connectivity index (χ4v) is 2.24. The predicted molar refractivity (Wildman–Crippen MR) is 71.0 cm³/mol. The van der Waals surface area contributed by atoms with Crippen molar-refractivity contribution in [3.63, 3.8) is 0 Å². The number of benzene rings is 1. The van der Waals surface area contributed by atoms with Crippen LogP contribution in [0.3, 0.4) is 0 Å². The van der Waals surface area contributed by atoms with Crippen molar-refractivity contribution in [3.8, 4) is 5.75 Å². The number of rotatable bonds is 3. The molecule has 2 rings (SSSR count). The Morgan fingerprint density at radius 1 is 1.45 bits per heavy atom. The number of carboxylic acids is 1. The first-order valence-electron chi connectivity index (χ1n) is 6.08. The number of morpholine rings is 1. The van der Waals surface area contributed by atoms with Crippen LogP contribution < -0.4 is 0 Å². The van der Waals surface area contributed by atoms with Gasteiger partial charge in [-0.15, -0.1) is 0 Å². The smallest absolute Gasteiger partial charge is 0.306 e. The van der Waals surface area contributed by atoms with E-state index in [2.05, 4.69) is 0 Å². The number of aromatic hydroxyl groups is 1. The second kappa shape index (κ2) is 6.11. The van der Waals surface area contributed by atoms with Gasteiger partial charge in [-0.25, -0.2) is 0 Å². The Kier molecular flexibility index (Phi) is 4.46. The van der Waals surface area contributed by atoms with E-state index in [1.54, 1.807) is 0 Å². The molecule has 1 aliphatic rings. The molecular formula is C13H14ClNO5. The van der Waals surface area contributed by atoms with Crippen LogP contribution in [0.25, 0.3) is 0 Å². The molecule has 1 heterocycles. The standard InChI is InChI=1S/C13H14ClNO5/c14-8-1-2-11(16)10(5-8)13(19)15-3-4-20-9(7-15)6-12(17)18/h1-2,5,9,16H,3-4,6-7H2,(H,17,18). The second-order valence-electron chi connectivity index (χ2n) is 4.50. The van der Waals surface area contributed by atoms with E-state index in [-0.39, 0.29) is 36.8 Å². The molecule has 1 unspecified atom stereocenters. The van der Waals surface area contributed by atoms with Crippen LogP contribution in [0, 0.1) is 0 Å². The SMILES string of the molecule is O=C(O)CC1CN(C(=O)c2cc(Cl)ccc2O)CCO1. The highest BCUT2D eigenvalue weighted by atomic mass is 35.5. The number of aliphatic carboxylic acids is 1. The Labute approximate surface area is 120 Å². The van der Waals surface area contributed by atoms with E-state index in [1.807, 2.05) is 0 Å². The first-order chi connectivity index (χ1) is 9.47. The van der Waals surface area contributed by atoms with Gasteiger partial charge < -0.3 is 19.8 Å². The van der Waals surface area contributed by atoms with Gasteiger partial charge in [0.2, 0.25) is 0 Å². The minimum absolute atomic E-state index is 0.105. The van der Waals surface area contributed by atoms with Crippen molar-refractivity contribution in [1.82, 2.24) is 4.90 Å². The molecule has 0 aliphatic carbocycles. The molecule has 1 saturated heterocycles. The monoisotopic (exact) mass is 299 g/mol. The molecule has 1 amide bonds. The lowest BCUT2D eigenvalue weighted by Gasteiger charge is -2.32. The summed E-state index contributed by atoms with van der Waals surface area (Å²) in [6.07, 6.45) is -0.697. The maximum Gasteiger partial charge on any atom is 0.306 e. The predicted octanol–water partition coefficient (Wildman–Crippen LogP) is 1.36. The van der Waals surface area contributed by atoms with Gasteiger partial charge in [0.1, 0.15) is 5.75 Å². The summed E-state index contributed by atoms with van der Waals surface area (Å²) in [5.41, 5.74) is 0.105. The van der Waals surface area contributed by atoms with Crippen LogP contribution in [0.4, 0.5) is 0 Å². The van der Waals surface area contributed by atoms with Gasteiger partial charge >= 0.3 is 5.97 Å². The van der Waals surface area contributed by atoms with E-state index >= 15 is 0 Å². The summed E-state index contributed by atoms with van der Waals surface area (Å²) in [5.74, 6) is -1.51. The summed E-state index contributed by atoms with van der Waals surface area (Å²) in [6.45, 7) is 0.795. The third-order valence-corrected chi connectivity index (χ3v) is 3.25. The van der Waals surface area contributed by atoms with Crippen molar-refractivity contribution in [1.29, 1.82) is 0 Å². The minimum atomic E-state index is -0.977. The Bertz CT molecular complexity index is 533. The zero-order valence-electron chi connectivity index (χ0n) is 10.6. The van der Waals surface area contributed by atoms with Crippen molar-refractivity contribution < 1.29 is 24.5 Å². The Balaban J connectivity index is 2.12. The van der Waals surface area contributed by atoms with Crippen LogP contribution in [0.5, 0.6) is 5.75 Å². The molecule has 2 N–H and O–H groups in total. The summed E-state index contributed by atoms with van der Waals surface area (Å²) < 4.78 is 5.30. The highest BCUT2D eigenvalue weighted by Gasteiger charge is 2.27. The van der Waals surface area contributed by atoms with E-state index in [0.717, 1.165) is 0 Å². The number of hydrogen-bond acceptors (Lipinski definition) is 4. The van der Waals surface area contributed by atoms with Crippen molar-refractivity contribution in [3.05, 3.63) is 28.8 Å². The third kappa shape index (κ3) is 3.40. The van der Waals surface area contributed by atoms with Crippen LogP contribution >= 0.6 is 11.6 Å². The molecule has 0 aromatic heterocycles. The van der Waals surface area contributed by atoms with Crippen molar-refractivity contribution in [2.75, 3.05) is 19.7 Å². The molecule has 0 saturated carbocycles. The van der Waals surface area contributed by atoms with Gasteiger partial charge in [0, 0.05) is 18.1 Å². The first kappa shape index (κ1) is 14.6. The molecule has 1 aromatic rings. The van der Waals surface area contributed by atoms with E-state index in [0.29, 0.717) is 11.6 Å². The van der Waals surface area contributed by atoms with Crippen LogP contribution in [0.2, 0.25) is 5.02 Å². The number of hydrogen-bond donors (Lipinski definition) is 2. The number of carbonyl (C=O) groups excluding carboxylic acids is 1. The average molecular weight is 300 g/mol. The summed E-state index contributed by atoms with van der Waals surface area (Å²) in [5, 5.41) is 18.8. The Morgan fingerprint density at radius 2 is 2.20 bits per heavy atom. The second-order valence-corrected chi connectivity index (χ2v) is 4.94. The maximum atomic E-state index is 12.3. The first-order valence-corrected chi connectivity index (χ1v) is 6.46. The number of phenols is 1. The van der Waals surface area contributed by atoms with E-state index in [1.165, 1.54) is 23.1 Å². The molecule has 0 radical (unpaired) electrons. The lowest BCUT2D eigenvalue weighted by molar-refractivity contribution is -0.141. The minimum Gasteiger partial charge on any atom is -0.507 e. The average Bonchev–Trinajstić information content (AvgIpc) is 2.40. The molecule has 20 heavy (non-hydrogen) atoms. The van der Waals surface area contributed by atoms with Gasteiger partial charge in [0.15, 0.2) is 0 Å². The van der Waals surface area contributed by atoms with Gasteiger partial charge in [-0.1, -0.05) is 11.6 Å². The number of amides is 1. The highest BCUT2D eigenvalue weighted by molar-refractivity contribution is 6.31. The quantitative estimate of drug-likeness (QED) is 0.880. The number of carboxylic acid groups (broad SMARTS) is 1. The van der Waals surface area contributed by atoms with E-state index in [4.69, 9.17) is 21.4 Å². The topological polar surface area (TPSA) is 87.1 Å². The fraction of sp³-hybridized carbons (Fsp3) is 0.385. The molecule has 0 spiro atoms. The Hall–Kier alpha value is -1.79. The third-order valence-electron chi connectivity index (χ3n) is 3.02. The van der Waals surface area contributed by atoms with Gasteiger partial charge in [-0.3, -0.25) is 9.59 Å². The zero-order valence-corrected chi connectivity index (χ0v) is 11.3. The molecule has 1 fully saturated rings. The number of nitrogens with zero attached hydrogens (tertiary/aromatic N) is 1. The van der Waals surface area contributed by atoms with Crippen LogP contribution in [-0.4, -0.2) is 52.8 Å². The van der Waals surface area contributed by atoms with Crippen molar-refractivity contribution in [2.45, 2.75) is 12.5 Å². The number of carbonyl (C=O) groups is 2. The van der Waals surface area contributed by atoms with E-state index in [9.17, 15) is 14.7 Å². The fourth-order valence-electron chi connectivity index (χ4n) is 2.07. The molecule has 7 heteroatoms. The summed E-state index contributed by atoms with van der Waals surface area (Å²) in [6, 6.07) is 4.23. The molecule has 108 valence electrons. The summed E-state index contributed by atoms with van der Waals surface area (Å²) >= 11 is 5.81. The summed E-state index contributed by atoms with van der Waals surface area (Å²) in [7, 11) is 0. The van der Waals surface area contributed by atoms with Gasteiger partial charge in [-0.05, 0) is 18.2 Å². The molecule has 0 bridgehead atoms. The lowest BCUT2D eigenvalue weighted by Crippen LogP contribution is -2.46. The Morgan fingerprint density at radius 3 is 2.90 bits per heavy atom. The largest absolute Gasteiger partial charge is 0.507 e. The maximum absolute atomic E-state index is 12.3. The molecule has 6 nitrogen and oxygen atoms in total. The molecule has 1 aromatic carbocycles. The molecule has 1 aliphatic heterocycles. The molecule has 1 atom stereocenters. The number of phenolic OH excluding ortho intramolecular Hbond substituents is 1. The number of halogens is 1. The molecular weight excluding hydrogens is 286 g/mol.